The Morgan fingerprint density at radius 1 is 1.14 bits per heavy atom. The number of ether oxygens (including phenoxy) is 1. The number of hydrogen-bond donors (Lipinski definition) is 2. The van der Waals surface area contributed by atoms with Crippen LogP contribution in [0.25, 0.3) is 0 Å². The van der Waals surface area contributed by atoms with Gasteiger partial charge in [-0.2, -0.15) is 10.1 Å². The summed E-state index contributed by atoms with van der Waals surface area (Å²) in [5.41, 5.74) is 11.3. The van der Waals surface area contributed by atoms with E-state index in [0.29, 0.717) is 25.4 Å². The Labute approximate surface area is 169 Å². The minimum Gasteiger partial charge on any atom is -0.493 e. The molecule has 0 saturated heterocycles. The number of nitrogens with zero attached hydrogens (tertiary/aromatic N) is 4. The van der Waals surface area contributed by atoms with Crippen molar-refractivity contribution in [2.75, 3.05) is 13.2 Å². The lowest BCUT2D eigenvalue weighted by Gasteiger charge is -2.44. The lowest BCUT2D eigenvalue weighted by molar-refractivity contribution is -0.384. The van der Waals surface area contributed by atoms with E-state index >= 15 is 0 Å². The van der Waals surface area contributed by atoms with Gasteiger partial charge >= 0.3 is 0 Å². The predicted molar refractivity (Wildman–Crippen MR) is 107 cm³/mol. The molecule has 0 unspecified atom stereocenters. The summed E-state index contributed by atoms with van der Waals surface area (Å²) >= 11 is 0. The summed E-state index contributed by atoms with van der Waals surface area (Å²) in [5, 5.41) is 12.2. The van der Waals surface area contributed by atoms with Crippen molar-refractivity contribution >= 4 is 30.0 Å². The summed E-state index contributed by atoms with van der Waals surface area (Å²) in [6, 6.07) is 5.96. The predicted octanol–water partition coefficient (Wildman–Crippen LogP) is 2.32. The first kappa shape index (κ1) is 21.7. The van der Waals surface area contributed by atoms with Crippen LogP contribution in [0.3, 0.4) is 0 Å². The maximum atomic E-state index is 10.6. The highest BCUT2D eigenvalue weighted by Crippen LogP contribution is 2.36. The van der Waals surface area contributed by atoms with Crippen LogP contribution >= 0.6 is 12.4 Å². The lowest BCUT2D eigenvalue weighted by atomic mass is 9.89. The molecule has 2 aliphatic rings. The second-order valence-electron chi connectivity index (χ2n) is 6.56. The van der Waals surface area contributed by atoms with Gasteiger partial charge < -0.3 is 16.2 Å². The lowest BCUT2D eigenvalue weighted by Crippen LogP contribution is -2.57. The average Bonchev–Trinajstić information content (AvgIpc) is 2.64. The molecule has 154 valence electrons. The molecule has 1 heterocycles. The molecule has 3 rings (SSSR count). The van der Waals surface area contributed by atoms with Crippen LogP contribution in [0.2, 0.25) is 0 Å². The molecular formula is C17H25ClN6O4. The van der Waals surface area contributed by atoms with Crippen molar-refractivity contribution in [1.29, 1.82) is 0 Å². The molecule has 11 heteroatoms. The van der Waals surface area contributed by atoms with Crippen molar-refractivity contribution in [3.8, 4) is 5.75 Å². The number of nitrogens with two attached hydrogens (primary N) is 2. The van der Waals surface area contributed by atoms with Crippen LogP contribution in [0.15, 0.2) is 34.3 Å². The molecule has 0 radical (unpaired) electrons. The molecular weight excluding hydrogens is 388 g/mol. The number of hydrogen-bond acceptors (Lipinski definition) is 9. The molecule has 1 spiro atoms. The number of benzene rings is 1. The molecule has 0 amide bonds. The highest BCUT2D eigenvalue weighted by atomic mass is 35.5. The molecule has 1 aromatic carbocycles. The molecule has 1 saturated carbocycles. The molecule has 1 aromatic rings. The third-order valence-electron chi connectivity index (χ3n) is 4.62. The minimum absolute atomic E-state index is 0. The Morgan fingerprint density at radius 3 is 2.46 bits per heavy atom. The Bertz CT molecular complexity index is 734. The van der Waals surface area contributed by atoms with Crippen LogP contribution in [-0.2, 0) is 4.84 Å². The van der Waals surface area contributed by atoms with E-state index in [1.165, 1.54) is 12.1 Å². The molecule has 10 nitrogen and oxygen atoms in total. The van der Waals surface area contributed by atoms with E-state index in [1.54, 1.807) is 17.2 Å². The van der Waals surface area contributed by atoms with Gasteiger partial charge in [0.05, 0.1) is 18.1 Å². The molecule has 0 aromatic heterocycles. The van der Waals surface area contributed by atoms with Gasteiger partial charge in [0.25, 0.3) is 5.69 Å². The maximum Gasteiger partial charge on any atom is 0.269 e. The van der Waals surface area contributed by atoms with Crippen molar-refractivity contribution in [3.63, 3.8) is 0 Å². The zero-order chi connectivity index (χ0) is 19.3. The van der Waals surface area contributed by atoms with Crippen molar-refractivity contribution in [2.45, 2.75) is 44.2 Å². The topological polar surface area (TPSA) is 142 Å². The van der Waals surface area contributed by atoms with Gasteiger partial charge in [-0.1, -0.05) is 6.42 Å². The van der Waals surface area contributed by atoms with Crippen LogP contribution in [-0.4, -0.2) is 40.8 Å². The molecule has 0 bridgehead atoms. The summed E-state index contributed by atoms with van der Waals surface area (Å²) in [7, 11) is 0. The number of non-ortho nitro benzene ring substituents is 1. The van der Waals surface area contributed by atoms with E-state index in [9.17, 15) is 10.1 Å². The normalized spacial score (nSPS) is 18.1. The Balaban J connectivity index is 0.00000280. The second kappa shape index (κ2) is 9.56. The van der Waals surface area contributed by atoms with E-state index < -0.39 is 10.6 Å². The van der Waals surface area contributed by atoms with Gasteiger partial charge in [0.2, 0.25) is 11.9 Å². The zero-order valence-corrected chi connectivity index (χ0v) is 16.3. The fraction of sp³-hybridized carbons (Fsp3) is 0.529. The third kappa shape index (κ3) is 5.02. The van der Waals surface area contributed by atoms with Crippen LogP contribution in [0.1, 0.15) is 38.5 Å². The summed E-state index contributed by atoms with van der Waals surface area (Å²) in [6.45, 7) is 0.779. The van der Waals surface area contributed by atoms with E-state index in [1.807, 2.05) is 0 Å². The molecule has 28 heavy (non-hydrogen) atoms. The Morgan fingerprint density at radius 2 is 1.82 bits per heavy atom. The van der Waals surface area contributed by atoms with Crippen molar-refractivity contribution in [1.82, 2.24) is 5.06 Å². The number of guanidine groups is 2. The number of aliphatic imine (C=N–C) groups is 2. The Hall–Kier alpha value is -2.59. The average molecular weight is 413 g/mol. The maximum absolute atomic E-state index is 10.6. The number of nitro benzene ring substituents is 1. The van der Waals surface area contributed by atoms with Gasteiger partial charge in [0.1, 0.15) is 5.75 Å². The van der Waals surface area contributed by atoms with Gasteiger partial charge in [-0.25, -0.2) is 4.99 Å². The highest BCUT2D eigenvalue weighted by Gasteiger charge is 2.42. The van der Waals surface area contributed by atoms with E-state index in [4.69, 9.17) is 21.0 Å². The van der Waals surface area contributed by atoms with Gasteiger partial charge in [-0.3, -0.25) is 15.0 Å². The molecule has 0 atom stereocenters. The smallest absolute Gasteiger partial charge is 0.269 e. The van der Waals surface area contributed by atoms with E-state index in [0.717, 1.165) is 32.1 Å². The van der Waals surface area contributed by atoms with Gasteiger partial charge in [-0.05, 0) is 37.8 Å². The summed E-state index contributed by atoms with van der Waals surface area (Å²) in [5.74, 6) is 0.984. The van der Waals surface area contributed by atoms with E-state index in [2.05, 4.69) is 9.98 Å². The van der Waals surface area contributed by atoms with Crippen molar-refractivity contribution < 1.29 is 14.5 Å². The van der Waals surface area contributed by atoms with Crippen LogP contribution in [0.4, 0.5) is 5.69 Å². The number of nitro groups is 1. The van der Waals surface area contributed by atoms with Gasteiger partial charge in [0, 0.05) is 18.6 Å². The quantitative estimate of drug-likeness (QED) is 0.397. The number of hydroxylamine groups is 2. The van der Waals surface area contributed by atoms with Crippen LogP contribution in [0.5, 0.6) is 5.75 Å². The molecule has 1 aliphatic heterocycles. The van der Waals surface area contributed by atoms with Gasteiger partial charge in [0.15, 0.2) is 5.66 Å². The fourth-order valence-corrected chi connectivity index (χ4v) is 3.35. The minimum atomic E-state index is -0.562. The fourth-order valence-electron chi connectivity index (χ4n) is 3.35. The van der Waals surface area contributed by atoms with E-state index in [-0.39, 0.29) is 30.0 Å². The number of rotatable bonds is 7. The van der Waals surface area contributed by atoms with Crippen LogP contribution < -0.4 is 16.2 Å². The van der Waals surface area contributed by atoms with Crippen molar-refractivity contribution in [3.05, 3.63) is 34.4 Å². The third-order valence-corrected chi connectivity index (χ3v) is 4.62. The largest absolute Gasteiger partial charge is 0.493 e. The number of halogens is 1. The SMILES string of the molecule is Cl.NC1=NC2(CCCCC2)N(OCCCOc2ccc([N+](=O)[O-])cc2)C(N)=N1. The highest BCUT2D eigenvalue weighted by molar-refractivity contribution is 5.95. The Kier molecular flexibility index (Phi) is 7.41. The van der Waals surface area contributed by atoms with Gasteiger partial charge in [-0.15, -0.1) is 12.4 Å². The first-order valence-corrected chi connectivity index (χ1v) is 9.00. The van der Waals surface area contributed by atoms with Crippen LogP contribution in [0, 0.1) is 10.1 Å². The molecule has 1 fully saturated rings. The first-order chi connectivity index (χ1) is 13.0. The first-order valence-electron chi connectivity index (χ1n) is 9.00. The molecule has 1 aliphatic carbocycles. The summed E-state index contributed by atoms with van der Waals surface area (Å²) in [6.07, 6.45) is 5.48. The summed E-state index contributed by atoms with van der Waals surface area (Å²) < 4.78 is 5.58. The molecule has 4 N–H and O–H groups in total. The monoisotopic (exact) mass is 412 g/mol. The van der Waals surface area contributed by atoms with Crippen molar-refractivity contribution in [2.24, 2.45) is 21.5 Å². The standard InChI is InChI=1S/C17H24N6O4.ClH/c18-15-20-16(19)22(17(21-15)9-2-1-3-10-17)27-12-4-11-26-14-7-5-13(6-8-14)23(24)25;/h5-8H,1-4,9-12H2,(H4,18,19,20,21);1H. The zero-order valence-electron chi connectivity index (χ0n) is 15.5. The summed E-state index contributed by atoms with van der Waals surface area (Å²) in [4.78, 5) is 24.6. The second-order valence-corrected chi connectivity index (χ2v) is 6.56.